The molecule has 1 N–H and O–H groups in total. The molecule has 6 nitrogen and oxygen atoms in total. The average Bonchev–Trinajstić information content (AvgIpc) is 3.34. The third kappa shape index (κ3) is 4.24. The van der Waals surface area contributed by atoms with Crippen molar-refractivity contribution in [1.29, 1.82) is 0 Å². The van der Waals surface area contributed by atoms with Gasteiger partial charge in [-0.3, -0.25) is 14.7 Å². The van der Waals surface area contributed by atoms with Crippen LogP contribution in [0.15, 0.2) is 66.9 Å². The third-order valence-corrected chi connectivity index (χ3v) is 6.09. The van der Waals surface area contributed by atoms with Gasteiger partial charge in [-0.15, -0.1) is 0 Å². The van der Waals surface area contributed by atoms with Crippen molar-refractivity contribution in [3.63, 3.8) is 0 Å². The number of H-pyrrole nitrogens is 1. The molecule has 1 unspecified atom stereocenters. The minimum Gasteiger partial charge on any atom is -0.348 e. The van der Waals surface area contributed by atoms with E-state index in [1.54, 1.807) is 36.2 Å². The molecule has 4 rings (SSSR count). The highest BCUT2D eigenvalue weighted by molar-refractivity contribution is 5.93. The average molecular weight is 417 g/mol. The van der Waals surface area contributed by atoms with Gasteiger partial charge >= 0.3 is 0 Å². The van der Waals surface area contributed by atoms with Crippen LogP contribution in [-0.4, -0.2) is 59.0 Å². The molecule has 0 bridgehead atoms. The summed E-state index contributed by atoms with van der Waals surface area (Å²) in [7, 11) is 3.59. The van der Waals surface area contributed by atoms with E-state index >= 15 is 0 Å². The number of hydrogen-bond donors (Lipinski definition) is 1. The first-order chi connectivity index (χ1) is 15.0. The maximum absolute atomic E-state index is 13.5. The highest BCUT2D eigenvalue weighted by atomic mass is 16.2. The van der Waals surface area contributed by atoms with Gasteiger partial charge in [0.2, 0.25) is 5.91 Å². The molecule has 1 fully saturated rings. The Balaban J connectivity index is 1.70. The summed E-state index contributed by atoms with van der Waals surface area (Å²) in [6, 6.07) is 20.2. The van der Waals surface area contributed by atoms with E-state index in [0.29, 0.717) is 25.2 Å². The topological polar surface area (TPSA) is 69.3 Å². The van der Waals surface area contributed by atoms with E-state index in [1.165, 1.54) is 0 Å². The first-order valence-corrected chi connectivity index (χ1v) is 10.6. The third-order valence-electron chi connectivity index (χ3n) is 6.09. The summed E-state index contributed by atoms with van der Waals surface area (Å²) in [5.41, 5.74) is 3.18. The Morgan fingerprint density at radius 1 is 1.06 bits per heavy atom. The zero-order chi connectivity index (χ0) is 21.8. The Morgan fingerprint density at radius 3 is 2.52 bits per heavy atom. The van der Waals surface area contributed by atoms with Crippen LogP contribution >= 0.6 is 0 Å². The fourth-order valence-electron chi connectivity index (χ4n) is 4.66. The number of nitrogens with zero attached hydrogens (tertiary/aromatic N) is 3. The molecule has 1 aliphatic heterocycles. The van der Waals surface area contributed by atoms with Gasteiger partial charge in [0.1, 0.15) is 5.69 Å². The summed E-state index contributed by atoms with van der Waals surface area (Å²) in [5.74, 6) is -0.0399. The maximum atomic E-state index is 13.5. The van der Waals surface area contributed by atoms with Crippen LogP contribution in [-0.2, 0) is 11.2 Å². The van der Waals surface area contributed by atoms with Crippen molar-refractivity contribution in [2.24, 2.45) is 5.41 Å². The van der Waals surface area contributed by atoms with Gasteiger partial charge in [0.15, 0.2) is 0 Å². The molecule has 6 heteroatoms. The lowest BCUT2D eigenvalue weighted by molar-refractivity contribution is -0.142. The lowest BCUT2D eigenvalue weighted by Crippen LogP contribution is -2.54. The van der Waals surface area contributed by atoms with Crippen LogP contribution in [0.3, 0.4) is 0 Å². The van der Waals surface area contributed by atoms with E-state index in [1.807, 2.05) is 30.3 Å². The van der Waals surface area contributed by atoms with E-state index < -0.39 is 5.41 Å². The Morgan fingerprint density at radius 2 is 1.81 bits per heavy atom. The summed E-state index contributed by atoms with van der Waals surface area (Å²) >= 11 is 0. The molecule has 160 valence electrons. The molecular weight excluding hydrogens is 388 g/mol. The zero-order valence-electron chi connectivity index (χ0n) is 18.0. The molecule has 2 amide bonds. The number of nitrogens with one attached hydrogen (secondary N) is 1. The van der Waals surface area contributed by atoms with Crippen molar-refractivity contribution in [2.75, 3.05) is 27.2 Å². The Bertz CT molecular complexity index is 1050. The molecule has 1 saturated heterocycles. The summed E-state index contributed by atoms with van der Waals surface area (Å²) in [5, 5.41) is 6.66. The van der Waals surface area contributed by atoms with Crippen LogP contribution < -0.4 is 0 Å². The van der Waals surface area contributed by atoms with E-state index in [9.17, 15) is 9.59 Å². The molecule has 2 heterocycles. The maximum Gasteiger partial charge on any atom is 0.271 e. The number of rotatable bonds is 5. The van der Waals surface area contributed by atoms with Gasteiger partial charge in [0, 0.05) is 33.4 Å². The molecule has 0 aliphatic carbocycles. The molecule has 0 spiro atoms. The molecule has 2 aromatic carbocycles. The van der Waals surface area contributed by atoms with Crippen molar-refractivity contribution in [3.8, 4) is 11.1 Å². The minimum absolute atomic E-state index is 0.0671. The number of aromatic nitrogens is 2. The summed E-state index contributed by atoms with van der Waals surface area (Å²) in [6.45, 7) is 1.03. The number of piperidine rings is 1. The second-order valence-electron chi connectivity index (χ2n) is 8.48. The highest BCUT2D eigenvalue weighted by Gasteiger charge is 2.45. The molecule has 1 aromatic heterocycles. The quantitative estimate of drug-likeness (QED) is 0.691. The standard InChI is InChI=1S/C25H28N4O2/c1-28(2)24(31)25(14-8-16-29(18-25)23(30)22-13-15-26-27-22)17-20-11-6-7-12-21(20)19-9-4-3-5-10-19/h3-7,9-13,15H,8,14,16-18H2,1-2H3,(H,26,27). The van der Waals surface area contributed by atoms with Crippen LogP contribution in [0.2, 0.25) is 0 Å². The largest absolute Gasteiger partial charge is 0.348 e. The number of carbonyl (C=O) groups excluding carboxylic acids is 2. The molecule has 0 radical (unpaired) electrons. The monoisotopic (exact) mass is 416 g/mol. The molecule has 3 aromatic rings. The Hall–Kier alpha value is -3.41. The number of aromatic amines is 1. The summed E-state index contributed by atoms with van der Waals surface area (Å²) in [4.78, 5) is 30.0. The highest BCUT2D eigenvalue weighted by Crippen LogP contribution is 2.38. The zero-order valence-corrected chi connectivity index (χ0v) is 18.0. The van der Waals surface area contributed by atoms with Crippen molar-refractivity contribution in [3.05, 3.63) is 78.1 Å². The number of benzene rings is 2. The van der Waals surface area contributed by atoms with Crippen LogP contribution in [0, 0.1) is 5.41 Å². The minimum atomic E-state index is -0.664. The van der Waals surface area contributed by atoms with Gasteiger partial charge in [-0.2, -0.15) is 5.10 Å². The SMILES string of the molecule is CN(C)C(=O)C1(Cc2ccccc2-c2ccccc2)CCCN(C(=O)c2ccn[nH]2)C1. The second-order valence-corrected chi connectivity index (χ2v) is 8.48. The number of likely N-dealkylation sites (tertiary alicyclic amines) is 1. The lowest BCUT2D eigenvalue weighted by atomic mass is 9.72. The van der Waals surface area contributed by atoms with Crippen LogP contribution in [0.1, 0.15) is 28.9 Å². The molecule has 1 atom stereocenters. The number of carbonyl (C=O) groups is 2. The predicted octanol–water partition coefficient (Wildman–Crippen LogP) is 3.63. The normalized spacial score (nSPS) is 18.6. The predicted molar refractivity (Wildman–Crippen MR) is 120 cm³/mol. The Kier molecular flexibility index (Phi) is 5.89. The van der Waals surface area contributed by atoms with Crippen LogP contribution in [0.25, 0.3) is 11.1 Å². The number of hydrogen-bond acceptors (Lipinski definition) is 3. The van der Waals surface area contributed by atoms with E-state index in [-0.39, 0.29) is 11.8 Å². The van der Waals surface area contributed by atoms with Gasteiger partial charge in [-0.05, 0) is 42.0 Å². The smallest absolute Gasteiger partial charge is 0.271 e. The van der Waals surface area contributed by atoms with Gasteiger partial charge in [-0.25, -0.2) is 0 Å². The summed E-state index contributed by atoms with van der Waals surface area (Å²) in [6.07, 6.45) is 3.69. The van der Waals surface area contributed by atoms with Crippen molar-refractivity contribution in [1.82, 2.24) is 20.0 Å². The van der Waals surface area contributed by atoms with Gasteiger partial charge in [0.05, 0.1) is 5.41 Å². The second kappa shape index (κ2) is 8.76. The van der Waals surface area contributed by atoms with Crippen LogP contribution in [0.4, 0.5) is 0 Å². The summed E-state index contributed by atoms with van der Waals surface area (Å²) < 4.78 is 0. The van der Waals surface area contributed by atoms with E-state index in [4.69, 9.17) is 0 Å². The van der Waals surface area contributed by atoms with Crippen molar-refractivity contribution >= 4 is 11.8 Å². The number of amides is 2. The van der Waals surface area contributed by atoms with Gasteiger partial charge in [-0.1, -0.05) is 54.6 Å². The van der Waals surface area contributed by atoms with Crippen molar-refractivity contribution in [2.45, 2.75) is 19.3 Å². The van der Waals surface area contributed by atoms with Gasteiger partial charge < -0.3 is 9.80 Å². The lowest BCUT2D eigenvalue weighted by Gasteiger charge is -2.43. The van der Waals surface area contributed by atoms with E-state index in [0.717, 1.165) is 29.5 Å². The first-order valence-electron chi connectivity index (χ1n) is 10.6. The van der Waals surface area contributed by atoms with Crippen LogP contribution in [0.5, 0.6) is 0 Å². The fourth-order valence-corrected chi connectivity index (χ4v) is 4.66. The molecule has 31 heavy (non-hydrogen) atoms. The molecular formula is C25H28N4O2. The Labute approximate surface area is 182 Å². The van der Waals surface area contributed by atoms with Gasteiger partial charge in [0.25, 0.3) is 5.91 Å². The molecule has 1 aliphatic rings. The molecule has 0 saturated carbocycles. The fraction of sp³-hybridized carbons (Fsp3) is 0.320. The first kappa shape index (κ1) is 20.8. The van der Waals surface area contributed by atoms with E-state index in [2.05, 4.69) is 34.5 Å². The van der Waals surface area contributed by atoms with Crippen molar-refractivity contribution < 1.29 is 9.59 Å².